The Labute approximate surface area is 173 Å². The molecule has 0 aromatic rings. The minimum Gasteiger partial charge on any atom is -0.481 e. The lowest BCUT2D eigenvalue weighted by Crippen LogP contribution is -2.45. The van der Waals surface area contributed by atoms with Crippen LogP contribution < -0.4 is 5.32 Å². The van der Waals surface area contributed by atoms with Crippen LogP contribution in [0.15, 0.2) is 0 Å². The molecule has 3 saturated heterocycles. The number of carboxylic acids is 1. The number of aliphatic carboxylic acids is 1. The van der Waals surface area contributed by atoms with Crippen molar-refractivity contribution in [2.45, 2.75) is 51.4 Å². The number of hydrogen-bond acceptors (Lipinski definition) is 4. The maximum absolute atomic E-state index is 12.6. The summed E-state index contributed by atoms with van der Waals surface area (Å²) in [5, 5.41) is 12.2. The first-order chi connectivity index (χ1) is 13.0. The van der Waals surface area contributed by atoms with Gasteiger partial charge in [-0.05, 0) is 63.5 Å². The van der Waals surface area contributed by atoms with E-state index in [1.165, 1.54) is 0 Å². The van der Waals surface area contributed by atoms with Gasteiger partial charge in [-0.3, -0.25) is 14.4 Å². The first kappa shape index (κ1) is 22.9. The van der Waals surface area contributed by atoms with Gasteiger partial charge in [0.2, 0.25) is 11.8 Å². The Bertz CT molecular complexity index is 538. The van der Waals surface area contributed by atoms with Crippen molar-refractivity contribution < 1.29 is 19.5 Å². The van der Waals surface area contributed by atoms with E-state index in [0.717, 1.165) is 64.7 Å². The van der Waals surface area contributed by atoms with Gasteiger partial charge in [-0.2, -0.15) is 0 Å². The molecule has 0 unspecified atom stereocenters. The zero-order chi connectivity index (χ0) is 19.2. The molecule has 28 heavy (non-hydrogen) atoms. The highest BCUT2D eigenvalue weighted by Gasteiger charge is 2.31. The van der Waals surface area contributed by atoms with E-state index >= 15 is 0 Å². The van der Waals surface area contributed by atoms with Crippen molar-refractivity contribution in [1.29, 1.82) is 0 Å². The SMILES string of the molecule is Cl.O=C(O)CC1CCN(C(=O)CC2CCN(C(=O)C3CCNCC3)CC2)CC1. The van der Waals surface area contributed by atoms with Crippen LogP contribution in [0.4, 0.5) is 0 Å². The summed E-state index contributed by atoms with van der Waals surface area (Å²) >= 11 is 0. The normalized spacial score (nSPS) is 22.6. The molecule has 7 nitrogen and oxygen atoms in total. The van der Waals surface area contributed by atoms with Crippen molar-refractivity contribution in [3.63, 3.8) is 0 Å². The van der Waals surface area contributed by atoms with Crippen molar-refractivity contribution >= 4 is 30.2 Å². The molecule has 2 N–H and O–H groups in total. The summed E-state index contributed by atoms with van der Waals surface area (Å²) in [5.74, 6) is 0.512. The molecule has 0 aromatic heterocycles. The number of likely N-dealkylation sites (tertiary alicyclic amines) is 2. The lowest BCUT2D eigenvalue weighted by molar-refractivity contribution is -0.139. The van der Waals surface area contributed by atoms with E-state index in [2.05, 4.69) is 5.32 Å². The Hall–Kier alpha value is -1.34. The second-order valence-electron chi connectivity index (χ2n) is 8.42. The first-order valence-electron chi connectivity index (χ1n) is 10.5. The summed E-state index contributed by atoms with van der Waals surface area (Å²) in [7, 11) is 0. The van der Waals surface area contributed by atoms with Gasteiger partial charge in [0, 0.05) is 44.9 Å². The van der Waals surface area contributed by atoms with E-state index in [1.807, 2.05) is 9.80 Å². The Morgan fingerprint density at radius 2 is 1.29 bits per heavy atom. The summed E-state index contributed by atoms with van der Waals surface area (Å²) in [6.45, 7) is 4.80. The summed E-state index contributed by atoms with van der Waals surface area (Å²) in [6, 6.07) is 0. The number of carboxylic acid groups (broad SMARTS) is 1. The lowest BCUT2D eigenvalue weighted by atomic mass is 9.89. The Balaban J connectivity index is 0.00000280. The third-order valence-corrected chi connectivity index (χ3v) is 6.51. The third-order valence-electron chi connectivity index (χ3n) is 6.51. The van der Waals surface area contributed by atoms with Crippen LogP contribution in [0.25, 0.3) is 0 Å². The Morgan fingerprint density at radius 1 is 0.786 bits per heavy atom. The van der Waals surface area contributed by atoms with Crippen molar-refractivity contribution in [3.05, 3.63) is 0 Å². The summed E-state index contributed by atoms with van der Waals surface area (Å²) in [4.78, 5) is 39.9. The third kappa shape index (κ3) is 6.34. The smallest absolute Gasteiger partial charge is 0.303 e. The number of nitrogens with zero attached hydrogens (tertiary/aromatic N) is 2. The second kappa shape index (κ2) is 11.0. The Kier molecular flexibility index (Phi) is 9.02. The second-order valence-corrected chi connectivity index (χ2v) is 8.42. The van der Waals surface area contributed by atoms with Crippen LogP contribution in [0.3, 0.4) is 0 Å². The van der Waals surface area contributed by atoms with Gasteiger partial charge >= 0.3 is 5.97 Å². The predicted molar refractivity (Wildman–Crippen MR) is 108 cm³/mol. The van der Waals surface area contributed by atoms with E-state index in [4.69, 9.17) is 5.11 Å². The first-order valence-corrected chi connectivity index (χ1v) is 10.5. The zero-order valence-corrected chi connectivity index (χ0v) is 17.4. The van der Waals surface area contributed by atoms with E-state index < -0.39 is 5.97 Å². The molecular weight excluding hydrogens is 382 g/mol. The monoisotopic (exact) mass is 415 g/mol. The number of halogens is 1. The number of piperidine rings is 3. The predicted octanol–water partition coefficient (Wildman–Crippen LogP) is 1.75. The highest BCUT2D eigenvalue weighted by atomic mass is 35.5. The van der Waals surface area contributed by atoms with Crippen molar-refractivity contribution in [2.75, 3.05) is 39.3 Å². The molecule has 0 radical (unpaired) electrons. The molecule has 3 rings (SSSR count). The maximum Gasteiger partial charge on any atom is 0.303 e. The van der Waals surface area contributed by atoms with E-state index in [1.54, 1.807) is 0 Å². The van der Waals surface area contributed by atoms with E-state index in [9.17, 15) is 14.4 Å². The molecule has 8 heteroatoms. The van der Waals surface area contributed by atoms with E-state index in [0.29, 0.717) is 31.3 Å². The fraction of sp³-hybridized carbons (Fsp3) is 0.850. The molecule has 3 heterocycles. The highest BCUT2D eigenvalue weighted by molar-refractivity contribution is 5.85. The lowest BCUT2D eigenvalue weighted by Gasteiger charge is -2.36. The molecule has 160 valence electrons. The van der Waals surface area contributed by atoms with Gasteiger partial charge in [0.1, 0.15) is 0 Å². The molecule has 3 aliphatic rings. The van der Waals surface area contributed by atoms with Gasteiger partial charge in [-0.15, -0.1) is 12.4 Å². The van der Waals surface area contributed by atoms with Gasteiger partial charge < -0.3 is 20.2 Å². The van der Waals surface area contributed by atoms with Gasteiger partial charge in [0.05, 0.1) is 0 Å². The fourth-order valence-electron chi connectivity index (χ4n) is 4.69. The molecule has 0 atom stereocenters. The van der Waals surface area contributed by atoms with Crippen LogP contribution in [0.1, 0.15) is 51.4 Å². The minimum atomic E-state index is -0.745. The highest BCUT2D eigenvalue weighted by Crippen LogP contribution is 2.26. The maximum atomic E-state index is 12.6. The molecule has 0 spiro atoms. The quantitative estimate of drug-likeness (QED) is 0.713. The molecular formula is C20H34ClN3O4. The number of hydrogen-bond donors (Lipinski definition) is 2. The number of rotatable bonds is 5. The molecule has 3 fully saturated rings. The van der Waals surface area contributed by atoms with Gasteiger partial charge in [-0.1, -0.05) is 0 Å². The standard InChI is InChI=1S/C20H33N3O4.ClH/c24-18(22-9-3-16(4-10-22)14-19(25)26)13-15-5-11-23(12-6-15)20(27)17-1-7-21-8-2-17;/h15-17,21H,1-14H2,(H,25,26);1H. The van der Waals surface area contributed by atoms with Gasteiger partial charge in [0.15, 0.2) is 0 Å². The van der Waals surface area contributed by atoms with Crippen molar-refractivity contribution in [1.82, 2.24) is 15.1 Å². The molecule has 2 amide bonds. The van der Waals surface area contributed by atoms with Crippen LogP contribution in [-0.2, 0) is 14.4 Å². The minimum absolute atomic E-state index is 0. The van der Waals surface area contributed by atoms with Crippen molar-refractivity contribution in [2.24, 2.45) is 17.8 Å². The fourth-order valence-corrected chi connectivity index (χ4v) is 4.69. The molecule has 3 aliphatic heterocycles. The van der Waals surface area contributed by atoms with Crippen LogP contribution in [-0.4, -0.2) is 72.0 Å². The Morgan fingerprint density at radius 3 is 1.82 bits per heavy atom. The van der Waals surface area contributed by atoms with Gasteiger partial charge in [-0.25, -0.2) is 0 Å². The van der Waals surface area contributed by atoms with Gasteiger partial charge in [0.25, 0.3) is 0 Å². The van der Waals surface area contributed by atoms with Crippen molar-refractivity contribution in [3.8, 4) is 0 Å². The molecule has 0 aliphatic carbocycles. The summed E-state index contributed by atoms with van der Waals surface area (Å²) in [5.41, 5.74) is 0. The average molecular weight is 416 g/mol. The zero-order valence-electron chi connectivity index (χ0n) is 16.6. The number of carbonyl (C=O) groups excluding carboxylic acids is 2. The van der Waals surface area contributed by atoms with Crippen LogP contribution >= 0.6 is 12.4 Å². The summed E-state index contributed by atoms with van der Waals surface area (Å²) in [6.07, 6.45) is 6.08. The molecule has 0 bridgehead atoms. The van der Waals surface area contributed by atoms with Crippen LogP contribution in [0.2, 0.25) is 0 Å². The number of carbonyl (C=O) groups is 3. The average Bonchev–Trinajstić information content (AvgIpc) is 2.69. The number of amides is 2. The summed E-state index contributed by atoms with van der Waals surface area (Å²) < 4.78 is 0. The molecule has 0 aromatic carbocycles. The topological polar surface area (TPSA) is 90.0 Å². The number of nitrogens with one attached hydrogen (secondary N) is 1. The van der Waals surface area contributed by atoms with E-state index in [-0.39, 0.29) is 36.6 Å². The van der Waals surface area contributed by atoms with Crippen LogP contribution in [0, 0.1) is 17.8 Å². The largest absolute Gasteiger partial charge is 0.481 e. The molecule has 0 saturated carbocycles. The van der Waals surface area contributed by atoms with Crippen LogP contribution in [0.5, 0.6) is 0 Å².